The van der Waals surface area contributed by atoms with Crippen molar-refractivity contribution in [3.05, 3.63) is 83.4 Å². The summed E-state index contributed by atoms with van der Waals surface area (Å²) in [5, 5.41) is 4.22. The first kappa shape index (κ1) is 17.2. The van der Waals surface area contributed by atoms with E-state index < -0.39 is 0 Å². The molecule has 3 heteroatoms. The number of allylic oxidation sites excluding steroid dienone is 2. The molecule has 0 saturated heterocycles. The third-order valence-corrected chi connectivity index (χ3v) is 4.70. The lowest BCUT2D eigenvalue weighted by atomic mass is 9.85. The van der Waals surface area contributed by atoms with Gasteiger partial charge in [-0.1, -0.05) is 66.2 Å². The first-order chi connectivity index (χ1) is 12.0. The van der Waals surface area contributed by atoms with Gasteiger partial charge in [-0.3, -0.25) is 4.79 Å². The van der Waals surface area contributed by atoms with Crippen molar-refractivity contribution in [2.75, 3.05) is 0 Å². The Balaban J connectivity index is 1.86. The molecule has 25 heavy (non-hydrogen) atoms. The molecule has 1 atom stereocenters. The molecule has 1 unspecified atom stereocenters. The Labute approximate surface area is 149 Å². The normalized spacial score (nSPS) is 18.4. The van der Waals surface area contributed by atoms with Crippen LogP contribution in [0.4, 0.5) is 0 Å². The van der Waals surface area contributed by atoms with Gasteiger partial charge < -0.3 is 0 Å². The molecule has 3 rings (SSSR count). The molecular weight excluding hydrogens is 308 g/mol. The zero-order chi connectivity index (χ0) is 17.9. The van der Waals surface area contributed by atoms with Gasteiger partial charge in [-0.2, -0.15) is 5.10 Å². The second-order valence-electron chi connectivity index (χ2n) is 6.91. The van der Waals surface area contributed by atoms with Gasteiger partial charge >= 0.3 is 0 Å². The van der Waals surface area contributed by atoms with E-state index in [-0.39, 0.29) is 17.2 Å². The molecule has 3 nitrogen and oxygen atoms in total. The molecule has 0 radical (unpaired) electrons. The fourth-order valence-corrected chi connectivity index (χ4v) is 3.53. The van der Waals surface area contributed by atoms with Crippen LogP contribution in [0.1, 0.15) is 38.3 Å². The van der Waals surface area contributed by atoms with Crippen LogP contribution < -0.4 is 5.43 Å². The standard InChI is InChI=1S/C22H24N2O/c1-16(2)14-17(3)23-24-21(25)20-15-22(20,18-10-6-4-7-11-18)19-12-8-5-9-13-19/h4-14,20H,15H2,1-3H3,(H,24,25)/b23-17+. The number of hydrazone groups is 1. The molecule has 1 amide bonds. The van der Waals surface area contributed by atoms with Gasteiger partial charge in [0.1, 0.15) is 0 Å². The number of benzene rings is 2. The lowest BCUT2D eigenvalue weighted by Crippen LogP contribution is -2.26. The number of carbonyl (C=O) groups excluding carboxylic acids is 1. The maximum absolute atomic E-state index is 12.7. The molecule has 0 aliphatic heterocycles. The monoisotopic (exact) mass is 332 g/mol. The highest BCUT2D eigenvalue weighted by Gasteiger charge is 2.60. The van der Waals surface area contributed by atoms with Crippen LogP contribution in [0, 0.1) is 5.92 Å². The third-order valence-electron chi connectivity index (χ3n) is 4.70. The minimum Gasteiger partial charge on any atom is -0.273 e. The van der Waals surface area contributed by atoms with Crippen LogP contribution in [0.3, 0.4) is 0 Å². The van der Waals surface area contributed by atoms with Gasteiger partial charge in [0.15, 0.2) is 0 Å². The van der Waals surface area contributed by atoms with Gasteiger partial charge in [-0.25, -0.2) is 5.43 Å². The Hall–Kier alpha value is -2.68. The summed E-state index contributed by atoms with van der Waals surface area (Å²) in [6.45, 7) is 5.91. The van der Waals surface area contributed by atoms with Crippen LogP contribution in [0.25, 0.3) is 0 Å². The zero-order valence-corrected chi connectivity index (χ0v) is 15.0. The Morgan fingerprint density at radius 1 is 1.00 bits per heavy atom. The summed E-state index contributed by atoms with van der Waals surface area (Å²) in [5.74, 6) is -0.116. The van der Waals surface area contributed by atoms with E-state index in [1.54, 1.807) is 0 Å². The largest absolute Gasteiger partial charge is 0.273 e. The maximum atomic E-state index is 12.7. The zero-order valence-electron chi connectivity index (χ0n) is 15.0. The van der Waals surface area contributed by atoms with E-state index in [9.17, 15) is 4.79 Å². The summed E-state index contributed by atoms with van der Waals surface area (Å²) in [4.78, 5) is 12.7. The highest BCUT2D eigenvalue weighted by atomic mass is 16.2. The molecule has 1 N–H and O–H groups in total. The highest BCUT2D eigenvalue weighted by molar-refractivity contribution is 5.94. The minimum absolute atomic E-state index is 0.0192. The van der Waals surface area contributed by atoms with Crippen LogP contribution in [-0.4, -0.2) is 11.6 Å². The van der Waals surface area contributed by atoms with E-state index >= 15 is 0 Å². The summed E-state index contributed by atoms with van der Waals surface area (Å²) in [6, 6.07) is 20.6. The summed E-state index contributed by atoms with van der Waals surface area (Å²) in [6.07, 6.45) is 2.76. The van der Waals surface area contributed by atoms with Crippen LogP contribution in [0.2, 0.25) is 0 Å². The number of nitrogens with one attached hydrogen (secondary N) is 1. The van der Waals surface area contributed by atoms with Crippen LogP contribution in [0.15, 0.2) is 77.4 Å². The van der Waals surface area contributed by atoms with E-state index in [0.717, 1.165) is 17.7 Å². The summed E-state index contributed by atoms with van der Waals surface area (Å²) in [5.41, 5.74) is 6.84. The van der Waals surface area contributed by atoms with Crippen molar-refractivity contribution in [2.45, 2.75) is 32.6 Å². The SMILES string of the molecule is CC(C)=C/C(C)=N/NC(=O)C1CC1(c1ccccc1)c1ccccc1. The van der Waals surface area contributed by atoms with E-state index in [4.69, 9.17) is 0 Å². The topological polar surface area (TPSA) is 41.5 Å². The van der Waals surface area contributed by atoms with E-state index in [1.165, 1.54) is 11.1 Å². The lowest BCUT2D eigenvalue weighted by molar-refractivity contribution is -0.122. The molecule has 0 aromatic heterocycles. The first-order valence-electron chi connectivity index (χ1n) is 8.64. The maximum Gasteiger partial charge on any atom is 0.244 e. The van der Waals surface area contributed by atoms with Crippen molar-refractivity contribution in [2.24, 2.45) is 11.0 Å². The molecule has 2 aromatic rings. The van der Waals surface area contributed by atoms with Gasteiger partial charge in [-0.05, 0) is 44.4 Å². The summed E-state index contributed by atoms with van der Waals surface area (Å²) < 4.78 is 0. The number of rotatable bonds is 5. The lowest BCUT2D eigenvalue weighted by Gasteiger charge is -2.18. The molecule has 2 aromatic carbocycles. The summed E-state index contributed by atoms with van der Waals surface area (Å²) >= 11 is 0. The van der Waals surface area contributed by atoms with Crippen molar-refractivity contribution in [3.8, 4) is 0 Å². The fourth-order valence-electron chi connectivity index (χ4n) is 3.53. The Kier molecular flexibility index (Phi) is 4.84. The Bertz CT molecular complexity index is 763. The predicted molar refractivity (Wildman–Crippen MR) is 102 cm³/mol. The minimum atomic E-state index is -0.244. The average Bonchev–Trinajstić information content (AvgIpc) is 3.38. The van der Waals surface area contributed by atoms with Gasteiger partial charge in [0.2, 0.25) is 5.91 Å². The third kappa shape index (κ3) is 3.55. The molecular formula is C22H24N2O. The van der Waals surface area contributed by atoms with Gasteiger partial charge in [0, 0.05) is 5.41 Å². The van der Waals surface area contributed by atoms with Crippen molar-refractivity contribution >= 4 is 11.6 Å². The first-order valence-corrected chi connectivity index (χ1v) is 8.64. The molecule has 1 saturated carbocycles. The molecule has 0 bridgehead atoms. The van der Waals surface area contributed by atoms with E-state index in [0.29, 0.717) is 0 Å². The number of hydrogen-bond donors (Lipinski definition) is 1. The van der Waals surface area contributed by atoms with Gasteiger partial charge in [-0.15, -0.1) is 0 Å². The number of nitrogens with zero attached hydrogens (tertiary/aromatic N) is 1. The quantitative estimate of drug-likeness (QED) is 0.638. The van der Waals surface area contributed by atoms with E-state index in [1.807, 2.05) is 63.2 Å². The summed E-state index contributed by atoms with van der Waals surface area (Å²) in [7, 11) is 0. The van der Waals surface area contributed by atoms with Crippen LogP contribution >= 0.6 is 0 Å². The average molecular weight is 332 g/mol. The van der Waals surface area contributed by atoms with Crippen molar-refractivity contribution in [1.82, 2.24) is 5.43 Å². The van der Waals surface area contributed by atoms with Crippen molar-refractivity contribution < 1.29 is 4.79 Å². The highest BCUT2D eigenvalue weighted by Crippen LogP contribution is 2.58. The second kappa shape index (κ2) is 7.06. The molecule has 1 aliphatic rings. The van der Waals surface area contributed by atoms with Crippen molar-refractivity contribution in [3.63, 3.8) is 0 Å². The molecule has 0 spiro atoms. The number of amides is 1. The van der Waals surface area contributed by atoms with Crippen LogP contribution in [-0.2, 0) is 10.2 Å². The molecule has 1 aliphatic carbocycles. The van der Waals surface area contributed by atoms with Gasteiger partial charge in [0.25, 0.3) is 0 Å². The van der Waals surface area contributed by atoms with Gasteiger partial charge in [0.05, 0.1) is 11.6 Å². The fraction of sp³-hybridized carbons (Fsp3) is 0.273. The number of carbonyl (C=O) groups is 1. The Morgan fingerprint density at radius 2 is 1.52 bits per heavy atom. The van der Waals surface area contributed by atoms with Crippen molar-refractivity contribution in [1.29, 1.82) is 0 Å². The van der Waals surface area contributed by atoms with Crippen LogP contribution in [0.5, 0.6) is 0 Å². The number of hydrogen-bond acceptors (Lipinski definition) is 2. The smallest absolute Gasteiger partial charge is 0.244 e. The van der Waals surface area contributed by atoms with E-state index in [2.05, 4.69) is 34.8 Å². The second-order valence-corrected chi connectivity index (χ2v) is 6.91. The Morgan fingerprint density at radius 3 is 2.00 bits per heavy atom. The molecule has 0 heterocycles. The predicted octanol–water partition coefficient (Wildman–Crippen LogP) is 4.45. The molecule has 1 fully saturated rings. The molecule has 128 valence electrons.